The van der Waals surface area contributed by atoms with Gasteiger partial charge in [-0.3, -0.25) is 0 Å². The SMILES string of the molecule is CC/C=C1/C[C@H](C)CC[C@@]1(C)C1CC[C@]2(C)C(CC[C@H]2[C@@H](C)CCCCC(C)C)C1. The van der Waals surface area contributed by atoms with Crippen LogP contribution in [0.2, 0.25) is 0 Å². The zero-order chi connectivity index (χ0) is 21.9. The molecule has 0 N–H and O–H groups in total. The van der Waals surface area contributed by atoms with Crippen LogP contribution >= 0.6 is 0 Å². The minimum Gasteiger partial charge on any atom is -0.0850 e. The van der Waals surface area contributed by atoms with E-state index in [-0.39, 0.29) is 0 Å². The van der Waals surface area contributed by atoms with Crippen molar-refractivity contribution in [1.82, 2.24) is 0 Å². The molecule has 7 atom stereocenters. The molecule has 0 nitrogen and oxygen atoms in total. The zero-order valence-electron chi connectivity index (χ0n) is 21.7. The molecule has 0 bridgehead atoms. The van der Waals surface area contributed by atoms with E-state index in [2.05, 4.69) is 54.5 Å². The highest BCUT2D eigenvalue weighted by atomic mass is 14.6. The summed E-state index contributed by atoms with van der Waals surface area (Å²) in [6.45, 7) is 17.5. The van der Waals surface area contributed by atoms with Crippen LogP contribution in [0.1, 0.15) is 132 Å². The Hall–Kier alpha value is -0.260. The van der Waals surface area contributed by atoms with Gasteiger partial charge in [-0.2, -0.15) is 0 Å². The first-order valence-corrected chi connectivity index (χ1v) is 13.9. The molecule has 3 saturated carbocycles. The molecule has 0 radical (unpaired) electrons. The summed E-state index contributed by atoms with van der Waals surface area (Å²) in [7, 11) is 0. The molecule has 30 heavy (non-hydrogen) atoms. The van der Waals surface area contributed by atoms with Gasteiger partial charge in [0, 0.05) is 0 Å². The number of rotatable bonds is 8. The lowest BCUT2D eigenvalue weighted by molar-refractivity contribution is 0.00401. The van der Waals surface area contributed by atoms with Crippen LogP contribution in [-0.4, -0.2) is 0 Å². The van der Waals surface area contributed by atoms with Gasteiger partial charge < -0.3 is 0 Å². The minimum atomic E-state index is 0.504. The van der Waals surface area contributed by atoms with Gasteiger partial charge in [0.2, 0.25) is 0 Å². The van der Waals surface area contributed by atoms with E-state index in [1.807, 2.05) is 5.57 Å². The Labute approximate surface area is 190 Å². The van der Waals surface area contributed by atoms with Crippen molar-refractivity contribution in [2.24, 2.45) is 46.3 Å². The highest BCUT2D eigenvalue weighted by molar-refractivity contribution is 5.20. The molecule has 174 valence electrons. The molecule has 0 saturated heterocycles. The van der Waals surface area contributed by atoms with Crippen molar-refractivity contribution < 1.29 is 0 Å². The molecule has 0 aliphatic heterocycles. The maximum atomic E-state index is 2.71. The van der Waals surface area contributed by atoms with Crippen molar-refractivity contribution in [3.63, 3.8) is 0 Å². The number of hydrogen-bond donors (Lipinski definition) is 0. The van der Waals surface area contributed by atoms with Gasteiger partial charge in [-0.25, -0.2) is 0 Å². The number of unbranched alkanes of at least 4 members (excludes halogenated alkanes) is 1. The van der Waals surface area contributed by atoms with E-state index in [1.165, 1.54) is 83.5 Å². The standard InChI is InChI=1S/C30H54/c1-8-11-25-20-23(4)16-18-29(25,6)27-17-19-30(7)26(21-27)14-15-28(30)24(5)13-10-9-12-22(2)3/h11,22-24,26-28H,8-10,12-21H2,1-7H3/b25-11-/t23-,24+,26?,27?,28+,29-,30-/m1/s1. The number of fused-ring (bicyclic) bond motifs is 1. The summed E-state index contributed by atoms with van der Waals surface area (Å²) in [6, 6.07) is 0. The molecule has 0 amide bonds. The molecule has 0 heterocycles. The summed E-state index contributed by atoms with van der Waals surface area (Å²) in [5, 5.41) is 0. The Balaban J connectivity index is 1.63. The van der Waals surface area contributed by atoms with Gasteiger partial charge in [0.05, 0.1) is 0 Å². The van der Waals surface area contributed by atoms with Crippen LogP contribution in [0.15, 0.2) is 11.6 Å². The van der Waals surface area contributed by atoms with Crippen LogP contribution in [0.25, 0.3) is 0 Å². The van der Waals surface area contributed by atoms with Gasteiger partial charge in [-0.05, 0) is 104 Å². The average molecular weight is 415 g/mol. The molecule has 2 unspecified atom stereocenters. The van der Waals surface area contributed by atoms with Crippen LogP contribution in [0.5, 0.6) is 0 Å². The Kier molecular flexibility index (Phi) is 8.23. The average Bonchev–Trinajstić information content (AvgIpc) is 3.04. The lowest BCUT2D eigenvalue weighted by Crippen LogP contribution is -2.43. The summed E-state index contributed by atoms with van der Waals surface area (Å²) in [5.41, 5.74) is 2.98. The second-order valence-corrected chi connectivity index (χ2v) is 12.9. The molecule has 0 aromatic rings. The molecule has 3 rings (SSSR count). The molecule has 3 aliphatic carbocycles. The van der Waals surface area contributed by atoms with E-state index < -0.39 is 0 Å². The summed E-state index contributed by atoms with van der Waals surface area (Å²) >= 11 is 0. The van der Waals surface area contributed by atoms with Crippen molar-refractivity contribution in [2.75, 3.05) is 0 Å². The van der Waals surface area contributed by atoms with Gasteiger partial charge in [-0.1, -0.05) is 85.8 Å². The van der Waals surface area contributed by atoms with Gasteiger partial charge in [-0.15, -0.1) is 0 Å². The van der Waals surface area contributed by atoms with Crippen molar-refractivity contribution in [3.05, 3.63) is 11.6 Å². The van der Waals surface area contributed by atoms with Crippen molar-refractivity contribution in [3.8, 4) is 0 Å². The maximum Gasteiger partial charge on any atom is -0.00878 e. The quantitative estimate of drug-likeness (QED) is 0.274. The first-order chi connectivity index (χ1) is 14.2. The summed E-state index contributed by atoms with van der Waals surface area (Å²) < 4.78 is 0. The topological polar surface area (TPSA) is 0 Å². The number of hydrogen-bond acceptors (Lipinski definition) is 0. The third-order valence-corrected chi connectivity index (χ3v) is 10.4. The largest absolute Gasteiger partial charge is 0.0850 e. The number of allylic oxidation sites excluding steroid dienone is 2. The molecule has 0 aromatic heterocycles. The molecule has 0 aromatic carbocycles. The van der Waals surface area contributed by atoms with Crippen molar-refractivity contribution in [2.45, 2.75) is 132 Å². The minimum absolute atomic E-state index is 0.504. The van der Waals surface area contributed by atoms with E-state index in [0.29, 0.717) is 10.8 Å². The fraction of sp³-hybridized carbons (Fsp3) is 0.933. The Morgan fingerprint density at radius 2 is 1.67 bits per heavy atom. The fourth-order valence-corrected chi connectivity index (χ4v) is 8.25. The third kappa shape index (κ3) is 5.04. The fourth-order valence-electron chi connectivity index (χ4n) is 8.25. The van der Waals surface area contributed by atoms with Crippen LogP contribution in [0, 0.1) is 46.3 Å². The van der Waals surface area contributed by atoms with Crippen LogP contribution in [0.4, 0.5) is 0 Å². The summed E-state index contributed by atoms with van der Waals surface area (Å²) in [5.74, 6) is 5.65. The zero-order valence-corrected chi connectivity index (χ0v) is 21.7. The lowest BCUT2D eigenvalue weighted by Gasteiger charge is -2.52. The van der Waals surface area contributed by atoms with Crippen molar-refractivity contribution in [1.29, 1.82) is 0 Å². The van der Waals surface area contributed by atoms with Gasteiger partial charge in [0.1, 0.15) is 0 Å². The van der Waals surface area contributed by atoms with E-state index >= 15 is 0 Å². The Morgan fingerprint density at radius 3 is 2.37 bits per heavy atom. The van der Waals surface area contributed by atoms with E-state index in [1.54, 1.807) is 0 Å². The van der Waals surface area contributed by atoms with E-state index in [4.69, 9.17) is 0 Å². The normalized spacial score (nSPS) is 41.9. The molecule has 3 aliphatic rings. The summed E-state index contributed by atoms with van der Waals surface area (Å²) in [4.78, 5) is 0. The van der Waals surface area contributed by atoms with E-state index in [0.717, 1.165) is 35.5 Å². The first kappa shape index (κ1) is 24.4. The van der Waals surface area contributed by atoms with Crippen LogP contribution < -0.4 is 0 Å². The monoisotopic (exact) mass is 414 g/mol. The van der Waals surface area contributed by atoms with Gasteiger partial charge in [0.15, 0.2) is 0 Å². The second kappa shape index (κ2) is 10.1. The second-order valence-electron chi connectivity index (χ2n) is 12.9. The predicted molar refractivity (Wildman–Crippen MR) is 134 cm³/mol. The predicted octanol–water partition coefficient (Wildman–Crippen LogP) is 9.83. The van der Waals surface area contributed by atoms with Crippen LogP contribution in [0.3, 0.4) is 0 Å². The Bertz CT molecular complexity index is 571. The molecule has 3 fully saturated rings. The third-order valence-electron chi connectivity index (χ3n) is 10.4. The van der Waals surface area contributed by atoms with E-state index in [9.17, 15) is 0 Å². The van der Waals surface area contributed by atoms with Crippen LogP contribution in [-0.2, 0) is 0 Å². The highest BCUT2D eigenvalue weighted by Gasteiger charge is 2.53. The van der Waals surface area contributed by atoms with Crippen molar-refractivity contribution >= 4 is 0 Å². The van der Waals surface area contributed by atoms with Gasteiger partial charge in [0.25, 0.3) is 0 Å². The summed E-state index contributed by atoms with van der Waals surface area (Å²) in [6.07, 6.45) is 21.5. The Morgan fingerprint density at radius 1 is 0.933 bits per heavy atom. The highest BCUT2D eigenvalue weighted by Crippen LogP contribution is 2.63. The molecular weight excluding hydrogens is 360 g/mol. The smallest absolute Gasteiger partial charge is 0.00878 e. The molecule has 0 spiro atoms. The molecular formula is C30H54. The molecule has 0 heteroatoms. The first-order valence-electron chi connectivity index (χ1n) is 13.9. The van der Waals surface area contributed by atoms with Gasteiger partial charge >= 0.3 is 0 Å². The lowest BCUT2D eigenvalue weighted by atomic mass is 9.52. The maximum absolute atomic E-state index is 2.71.